The van der Waals surface area contributed by atoms with Gasteiger partial charge in [0.15, 0.2) is 0 Å². The van der Waals surface area contributed by atoms with Crippen molar-refractivity contribution in [2.45, 2.75) is 38.9 Å². The van der Waals surface area contributed by atoms with Gasteiger partial charge in [0.25, 0.3) is 5.91 Å². The van der Waals surface area contributed by atoms with Gasteiger partial charge in [-0.25, -0.2) is 9.78 Å². The minimum atomic E-state index is -1.22. The Morgan fingerprint density at radius 3 is 2.36 bits per heavy atom. The molecule has 1 amide bonds. The highest BCUT2D eigenvalue weighted by Gasteiger charge is 2.61. The number of fused-ring (bicyclic) bond motifs is 1. The predicted molar refractivity (Wildman–Crippen MR) is 207 cm³/mol. The van der Waals surface area contributed by atoms with Gasteiger partial charge < -0.3 is 15.3 Å². The van der Waals surface area contributed by atoms with Crippen molar-refractivity contribution in [3.8, 4) is 21.7 Å². The van der Waals surface area contributed by atoms with Crippen LogP contribution in [0.1, 0.15) is 39.0 Å². The average Bonchev–Trinajstić information content (AvgIpc) is 3.65. The van der Waals surface area contributed by atoms with Crippen molar-refractivity contribution in [2.24, 2.45) is 5.92 Å². The Labute approximate surface area is 301 Å². The number of aromatic nitrogens is 1. The van der Waals surface area contributed by atoms with Gasteiger partial charge in [0.1, 0.15) is 10.5 Å². The van der Waals surface area contributed by atoms with Crippen LogP contribution in [0.4, 0.5) is 5.69 Å². The fourth-order valence-corrected chi connectivity index (χ4v) is 8.56. The first kappa shape index (κ1) is 33.6. The zero-order valence-electron chi connectivity index (χ0n) is 28.4. The highest BCUT2D eigenvalue weighted by atomic mass is 32.2. The van der Waals surface area contributed by atoms with Crippen LogP contribution < -0.4 is 10.2 Å². The molecule has 0 bridgehead atoms. The lowest BCUT2D eigenvalue weighted by molar-refractivity contribution is -0.140. The number of thiazole rings is 1. The largest absolute Gasteiger partial charge is 0.479 e. The summed E-state index contributed by atoms with van der Waals surface area (Å²) in [6.07, 6.45) is 2.40. The summed E-state index contributed by atoms with van der Waals surface area (Å²) in [6, 6.07) is 39.3. The number of nitrogens with zero attached hydrogens (tertiary/aromatic N) is 2. The molecule has 1 aromatic heterocycles. The van der Waals surface area contributed by atoms with Crippen molar-refractivity contribution in [2.75, 3.05) is 16.9 Å². The topological polar surface area (TPSA) is 82.5 Å². The Hall–Kier alpha value is -4.92. The lowest BCUT2D eigenvalue weighted by Gasteiger charge is -2.26. The number of amides is 1. The second-order valence-corrected chi connectivity index (χ2v) is 15.1. The Bertz CT molecular complexity index is 2180. The molecule has 0 aliphatic heterocycles. The molecule has 5 aromatic carbocycles. The maximum Gasteiger partial charge on any atom is 0.329 e. The number of hydrogen-bond acceptors (Lipinski definition) is 6. The summed E-state index contributed by atoms with van der Waals surface area (Å²) in [5.74, 6) is -0.728. The average molecular weight is 698 g/mol. The van der Waals surface area contributed by atoms with Gasteiger partial charge >= 0.3 is 5.97 Å². The van der Waals surface area contributed by atoms with Crippen molar-refractivity contribution >= 4 is 50.9 Å². The standard InChI is InChI=1S/C42H39N3O3S2/c1-27-13-20-37-38(21-27)50-40(43-37)31-15-17-33(18-16-31)45(24-29-10-5-4-6-11-29)25-30-14-19-35(36(22-30)34-12-8-7-9-28(34)2)39(46)44-42(41(47)48)23-32(42)26-49-3/h4-22,32H,23-26H2,1-3H3,(H,44,46)(H,47,48)/t32?,42-/m1/s1. The fraction of sp³-hybridized carbons (Fsp3) is 0.214. The summed E-state index contributed by atoms with van der Waals surface area (Å²) in [7, 11) is 0. The number of carbonyl (C=O) groups is 2. The van der Waals surface area contributed by atoms with Gasteiger partial charge in [-0.15, -0.1) is 11.3 Å². The number of benzene rings is 5. The van der Waals surface area contributed by atoms with E-state index in [0.29, 0.717) is 30.8 Å². The van der Waals surface area contributed by atoms with E-state index in [-0.39, 0.29) is 11.8 Å². The molecule has 0 saturated heterocycles. The Morgan fingerprint density at radius 2 is 1.62 bits per heavy atom. The molecule has 0 spiro atoms. The van der Waals surface area contributed by atoms with E-state index in [9.17, 15) is 14.7 Å². The van der Waals surface area contributed by atoms with E-state index in [4.69, 9.17) is 4.98 Å². The number of anilines is 1. The molecule has 1 heterocycles. The van der Waals surface area contributed by atoms with Crippen LogP contribution in [0.2, 0.25) is 0 Å². The number of aryl methyl sites for hydroxylation is 2. The molecule has 2 N–H and O–H groups in total. The maximum absolute atomic E-state index is 13.9. The van der Waals surface area contributed by atoms with Crippen molar-refractivity contribution in [1.82, 2.24) is 10.3 Å². The third-order valence-electron chi connectivity index (χ3n) is 9.57. The van der Waals surface area contributed by atoms with E-state index in [1.54, 1.807) is 23.1 Å². The molecule has 1 aliphatic carbocycles. The molecule has 1 unspecified atom stereocenters. The summed E-state index contributed by atoms with van der Waals surface area (Å²) in [4.78, 5) is 33.4. The number of thioether (sulfide) groups is 1. The van der Waals surface area contributed by atoms with Gasteiger partial charge in [0.2, 0.25) is 0 Å². The first-order valence-corrected chi connectivity index (χ1v) is 19.0. The Kier molecular flexibility index (Phi) is 9.49. The third kappa shape index (κ3) is 6.91. The van der Waals surface area contributed by atoms with Crippen molar-refractivity contribution < 1.29 is 14.7 Å². The van der Waals surface area contributed by atoms with Gasteiger partial charge in [-0.3, -0.25) is 4.79 Å². The summed E-state index contributed by atoms with van der Waals surface area (Å²) >= 11 is 3.31. The van der Waals surface area contributed by atoms with Crippen molar-refractivity contribution in [1.29, 1.82) is 0 Å². The molecule has 0 radical (unpaired) electrons. The predicted octanol–water partition coefficient (Wildman–Crippen LogP) is 9.39. The molecule has 1 saturated carbocycles. The van der Waals surface area contributed by atoms with Crippen LogP contribution in [-0.2, 0) is 17.9 Å². The molecule has 2 atom stereocenters. The van der Waals surface area contributed by atoms with Crippen LogP contribution in [0.5, 0.6) is 0 Å². The lowest BCUT2D eigenvalue weighted by Crippen LogP contribution is -2.45. The monoisotopic (exact) mass is 697 g/mol. The number of hydrogen-bond donors (Lipinski definition) is 2. The SMILES string of the molecule is CSCC1C[C@]1(NC(=O)c1ccc(CN(Cc2ccccc2)c2ccc(-c3nc4ccc(C)cc4s3)cc2)cc1-c1ccccc1C)C(=O)O. The number of aliphatic carboxylic acids is 1. The number of carboxylic acid groups (broad SMARTS) is 1. The van der Waals surface area contributed by atoms with Crippen molar-refractivity contribution in [3.05, 3.63) is 143 Å². The molecule has 50 heavy (non-hydrogen) atoms. The van der Waals surface area contributed by atoms with E-state index < -0.39 is 11.5 Å². The van der Waals surface area contributed by atoms with E-state index in [0.717, 1.165) is 44.0 Å². The van der Waals surface area contributed by atoms with Crippen LogP contribution in [-0.4, -0.2) is 39.5 Å². The van der Waals surface area contributed by atoms with Gasteiger partial charge in [0.05, 0.1) is 10.2 Å². The highest BCUT2D eigenvalue weighted by Crippen LogP contribution is 2.46. The zero-order chi connectivity index (χ0) is 34.8. The van der Waals surface area contributed by atoms with E-state index in [1.165, 1.54) is 15.8 Å². The smallest absolute Gasteiger partial charge is 0.329 e. The summed E-state index contributed by atoms with van der Waals surface area (Å²) in [5.41, 5.74) is 8.68. The maximum atomic E-state index is 13.9. The van der Waals surface area contributed by atoms with E-state index >= 15 is 0 Å². The number of nitrogens with one attached hydrogen (secondary N) is 1. The number of rotatable bonds is 12. The van der Waals surface area contributed by atoms with E-state index in [2.05, 4.69) is 89.9 Å². The van der Waals surface area contributed by atoms with Crippen LogP contribution >= 0.6 is 23.1 Å². The van der Waals surface area contributed by atoms with Gasteiger partial charge in [-0.1, -0.05) is 66.7 Å². The van der Waals surface area contributed by atoms with Crippen LogP contribution in [0.25, 0.3) is 31.9 Å². The number of carboxylic acids is 1. The molecular formula is C42H39N3O3S2. The zero-order valence-corrected chi connectivity index (χ0v) is 30.0. The normalized spacial score (nSPS) is 16.7. The molecular weight excluding hydrogens is 659 g/mol. The summed E-state index contributed by atoms with van der Waals surface area (Å²) in [5, 5.41) is 14.0. The summed E-state index contributed by atoms with van der Waals surface area (Å²) in [6.45, 7) is 5.43. The first-order valence-electron chi connectivity index (χ1n) is 16.7. The van der Waals surface area contributed by atoms with Crippen molar-refractivity contribution in [3.63, 3.8) is 0 Å². The highest BCUT2D eigenvalue weighted by molar-refractivity contribution is 7.98. The number of carbonyl (C=O) groups excluding carboxylic acids is 1. The Morgan fingerprint density at radius 1 is 0.880 bits per heavy atom. The van der Waals surface area contributed by atoms with Gasteiger partial charge in [0, 0.05) is 35.8 Å². The van der Waals surface area contributed by atoms with Crippen LogP contribution in [0, 0.1) is 19.8 Å². The first-order chi connectivity index (χ1) is 24.2. The molecule has 252 valence electrons. The third-order valence-corrected chi connectivity index (χ3v) is 11.4. The quantitative estimate of drug-likeness (QED) is 0.133. The molecule has 6 aromatic rings. The fourth-order valence-electron chi connectivity index (χ4n) is 6.69. The molecule has 1 aliphatic rings. The molecule has 1 fully saturated rings. The second kappa shape index (κ2) is 14.1. The van der Waals surface area contributed by atoms with Crippen LogP contribution in [0.15, 0.2) is 115 Å². The van der Waals surface area contributed by atoms with Crippen LogP contribution in [0.3, 0.4) is 0 Å². The van der Waals surface area contributed by atoms with Gasteiger partial charge in [-0.05, 0) is 114 Å². The Balaban J connectivity index is 1.22. The van der Waals surface area contributed by atoms with Gasteiger partial charge in [-0.2, -0.15) is 11.8 Å². The minimum absolute atomic E-state index is 0.0862. The minimum Gasteiger partial charge on any atom is -0.479 e. The summed E-state index contributed by atoms with van der Waals surface area (Å²) < 4.78 is 1.19. The van der Waals surface area contributed by atoms with E-state index in [1.807, 2.05) is 55.6 Å². The second-order valence-electron chi connectivity index (χ2n) is 13.2. The molecule has 6 nitrogen and oxygen atoms in total. The lowest BCUT2D eigenvalue weighted by atomic mass is 9.93. The molecule has 8 heteroatoms. The molecule has 7 rings (SSSR count).